The van der Waals surface area contributed by atoms with E-state index in [9.17, 15) is 13.2 Å². The maximum atomic E-state index is 13.0. The molecule has 0 aromatic heterocycles. The van der Waals surface area contributed by atoms with Gasteiger partial charge in [-0.2, -0.15) is 13.2 Å². The lowest BCUT2D eigenvalue weighted by Crippen LogP contribution is -2.58. The molecule has 0 saturated heterocycles. The topological polar surface area (TPSA) is 12.0 Å². The summed E-state index contributed by atoms with van der Waals surface area (Å²) in [5, 5.41) is 2.72. The van der Waals surface area contributed by atoms with Crippen LogP contribution in [0.5, 0.6) is 0 Å². The Morgan fingerprint density at radius 2 is 1.80 bits per heavy atom. The van der Waals surface area contributed by atoms with E-state index in [1.165, 1.54) is 0 Å². The molecule has 0 bridgehead atoms. The standard InChI is InChI=1S/C11H20F3N/c1-3-8-15-10(11(12,13)14)6-4-9(2)5-7-10/h9,15H,3-8H2,1-2H3. The number of halogens is 3. The van der Waals surface area contributed by atoms with Crippen molar-refractivity contribution in [3.63, 3.8) is 0 Å². The summed E-state index contributed by atoms with van der Waals surface area (Å²) >= 11 is 0. The minimum atomic E-state index is -4.11. The summed E-state index contributed by atoms with van der Waals surface area (Å²) in [6, 6.07) is 0. The molecule has 1 rings (SSSR count). The molecule has 4 heteroatoms. The highest BCUT2D eigenvalue weighted by atomic mass is 19.4. The van der Waals surface area contributed by atoms with Gasteiger partial charge in [-0.05, 0) is 44.6 Å². The minimum Gasteiger partial charge on any atom is -0.304 e. The first kappa shape index (κ1) is 12.8. The first-order chi connectivity index (χ1) is 6.91. The van der Waals surface area contributed by atoms with Crippen LogP contribution in [0.4, 0.5) is 13.2 Å². The van der Waals surface area contributed by atoms with Gasteiger partial charge in [-0.15, -0.1) is 0 Å². The molecule has 1 aliphatic carbocycles. The van der Waals surface area contributed by atoms with Crippen LogP contribution in [0.3, 0.4) is 0 Å². The van der Waals surface area contributed by atoms with Gasteiger partial charge < -0.3 is 5.32 Å². The van der Waals surface area contributed by atoms with Gasteiger partial charge in [-0.1, -0.05) is 13.8 Å². The lowest BCUT2D eigenvalue weighted by atomic mass is 9.76. The summed E-state index contributed by atoms with van der Waals surface area (Å²) < 4.78 is 39.0. The Hall–Kier alpha value is -0.250. The minimum absolute atomic E-state index is 0.234. The van der Waals surface area contributed by atoms with Crippen molar-refractivity contribution in [3.8, 4) is 0 Å². The van der Waals surface area contributed by atoms with Gasteiger partial charge >= 0.3 is 6.18 Å². The van der Waals surface area contributed by atoms with Gasteiger partial charge in [-0.3, -0.25) is 0 Å². The van der Waals surface area contributed by atoms with Gasteiger partial charge in [0.05, 0.1) is 0 Å². The number of hydrogen-bond donors (Lipinski definition) is 1. The van der Waals surface area contributed by atoms with Crippen molar-refractivity contribution in [3.05, 3.63) is 0 Å². The van der Waals surface area contributed by atoms with Crippen molar-refractivity contribution in [2.45, 2.75) is 57.7 Å². The molecule has 1 nitrogen and oxygen atoms in total. The molecule has 0 radical (unpaired) electrons. The third-order valence-electron chi connectivity index (χ3n) is 3.38. The maximum absolute atomic E-state index is 13.0. The van der Waals surface area contributed by atoms with Gasteiger partial charge in [0.2, 0.25) is 0 Å². The average Bonchev–Trinajstić information content (AvgIpc) is 2.16. The molecule has 0 aromatic carbocycles. The third kappa shape index (κ3) is 2.86. The number of nitrogens with one attached hydrogen (secondary N) is 1. The molecule has 0 unspecified atom stereocenters. The molecule has 0 spiro atoms. The Morgan fingerprint density at radius 3 is 2.20 bits per heavy atom. The molecule has 15 heavy (non-hydrogen) atoms. The number of alkyl halides is 3. The van der Waals surface area contributed by atoms with Crippen molar-refractivity contribution in [1.29, 1.82) is 0 Å². The van der Waals surface area contributed by atoms with Crippen LogP contribution in [-0.4, -0.2) is 18.3 Å². The van der Waals surface area contributed by atoms with Crippen LogP contribution in [0.15, 0.2) is 0 Å². The van der Waals surface area contributed by atoms with E-state index in [1.807, 2.05) is 13.8 Å². The Balaban J connectivity index is 2.69. The molecule has 0 aliphatic heterocycles. The van der Waals surface area contributed by atoms with E-state index in [1.54, 1.807) is 0 Å². The van der Waals surface area contributed by atoms with Crippen molar-refractivity contribution < 1.29 is 13.2 Å². The van der Waals surface area contributed by atoms with Crippen molar-refractivity contribution >= 4 is 0 Å². The molecular weight excluding hydrogens is 203 g/mol. The molecule has 0 amide bonds. The normalized spacial score (nSPS) is 33.0. The quantitative estimate of drug-likeness (QED) is 0.772. The highest BCUT2D eigenvalue weighted by Crippen LogP contribution is 2.43. The van der Waals surface area contributed by atoms with Crippen molar-refractivity contribution in [2.75, 3.05) is 6.54 Å². The number of hydrogen-bond acceptors (Lipinski definition) is 1. The van der Waals surface area contributed by atoms with Gasteiger partial charge in [0.15, 0.2) is 0 Å². The largest absolute Gasteiger partial charge is 0.406 e. The Morgan fingerprint density at radius 1 is 1.27 bits per heavy atom. The monoisotopic (exact) mass is 223 g/mol. The van der Waals surface area contributed by atoms with Crippen LogP contribution in [-0.2, 0) is 0 Å². The fourth-order valence-corrected chi connectivity index (χ4v) is 2.18. The Labute approximate surface area is 89.4 Å². The summed E-state index contributed by atoms with van der Waals surface area (Å²) in [6.07, 6.45) is -1.54. The summed E-state index contributed by atoms with van der Waals surface area (Å²) in [6.45, 7) is 4.37. The van der Waals surface area contributed by atoms with Crippen LogP contribution < -0.4 is 5.32 Å². The highest BCUT2D eigenvalue weighted by Gasteiger charge is 2.54. The molecule has 1 saturated carbocycles. The molecule has 1 N–H and O–H groups in total. The van der Waals surface area contributed by atoms with Crippen LogP contribution in [0.25, 0.3) is 0 Å². The van der Waals surface area contributed by atoms with Crippen LogP contribution in [0, 0.1) is 5.92 Å². The summed E-state index contributed by atoms with van der Waals surface area (Å²) in [4.78, 5) is 0. The zero-order valence-corrected chi connectivity index (χ0v) is 9.45. The van der Waals surface area contributed by atoms with Gasteiger partial charge in [0, 0.05) is 0 Å². The predicted molar refractivity (Wildman–Crippen MR) is 54.7 cm³/mol. The average molecular weight is 223 g/mol. The number of rotatable bonds is 3. The van der Waals surface area contributed by atoms with Gasteiger partial charge in [0.1, 0.15) is 5.54 Å². The van der Waals surface area contributed by atoms with E-state index in [-0.39, 0.29) is 12.8 Å². The molecule has 0 heterocycles. The molecule has 1 aliphatic rings. The second kappa shape index (κ2) is 4.73. The molecule has 1 fully saturated rings. The van der Waals surface area contributed by atoms with E-state index in [0.717, 1.165) is 6.42 Å². The maximum Gasteiger partial charge on any atom is 0.406 e. The predicted octanol–water partition coefficient (Wildman–Crippen LogP) is 3.50. The molecule has 0 aromatic rings. The zero-order valence-electron chi connectivity index (χ0n) is 9.45. The van der Waals surface area contributed by atoms with E-state index in [4.69, 9.17) is 0 Å². The van der Waals surface area contributed by atoms with Crippen LogP contribution in [0.1, 0.15) is 46.0 Å². The van der Waals surface area contributed by atoms with Crippen LogP contribution in [0.2, 0.25) is 0 Å². The zero-order chi connectivity index (χ0) is 11.5. The van der Waals surface area contributed by atoms with E-state index in [0.29, 0.717) is 25.3 Å². The molecule has 90 valence electrons. The van der Waals surface area contributed by atoms with Crippen LogP contribution >= 0.6 is 0 Å². The summed E-state index contributed by atoms with van der Waals surface area (Å²) in [5.74, 6) is 0.434. The van der Waals surface area contributed by atoms with Gasteiger partial charge in [-0.25, -0.2) is 0 Å². The van der Waals surface area contributed by atoms with E-state index >= 15 is 0 Å². The summed E-state index contributed by atoms with van der Waals surface area (Å²) in [5.41, 5.74) is -1.60. The highest BCUT2D eigenvalue weighted by molar-refractivity contribution is 4.98. The summed E-state index contributed by atoms with van der Waals surface area (Å²) in [7, 11) is 0. The lowest BCUT2D eigenvalue weighted by molar-refractivity contribution is -0.207. The smallest absolute Gasteiger partial charge is 0.304 e. The lowest BCUT2D eigenvalue weighted by Gasteiger charge is -2.41. The fraction of sp³-hybridized carbons (Fsp3) is 1.00. The fourth-order valence-electron chi connectivity index (χ4n) is 2.18. The molecule has 0 atom stereocenters. The Kier molecular flexibility index (Phi) is 4.04. The first-order valence-electron chi connectivity index (χ1n) is 5.73. The van der Waals surface area contributed by atoms with Gasteiger partial charge in [0.25, 0.3) is 0 Å². The first-order valence-corrected chi connectivity index (χ1v) is 5.73. The Bertz CT molecular complexity index is 187. The van der Waals surface area contributed by atoms with E-state index in [2.05, 4.69) is 5.32 Å². The van der Waals surface area contributed by atoms with Crippen molar-refractivity contribution in [1.82, 2.24) is 5.32 Å². The second-order valence-electron chi connectivity index (χ2n) is 4.69. The van der Waals surface area contributed by atoms with Crippen molar-refractivity contribution in [2.24, 2.45) is 5.92 Å². The molecular formula is C11H20F3N. The SMILES string of the molecule is CCCNC1(C(F)(F)F)CCC(C)CC1. The third-order valence-corrected chi connectivity index (χ3v) is 3.38. The van der Waals surface area contributed by atoms with E-state index < -0.39 is 11.7 Å². The second-order valence-corrected chi connectivity index (χ2v) is 4.69.